The molecule has 0 saturated carbocycles. The van der Waals surface area contributed by atoms with Gasteiger partial charge >= 0.3 is 0 Å². The molecule has 3 rings (SSSR count). The maximum absolute atomic E-state index is 14.1. The molecule has 1 aromatic carbocycles. The molecule has 3 aromatic rings. The van der Waals surface area contributed by atoms with Gasteiger partial charge in [-0.2, -0.15) is 0 Å². The summed E-state index contributed by atoms with van der Waals surface area (Å²) in [5.74, 6) is -0.462. The number of hydrogen-bond acceptors (Lipinski definition) is 4. The fourth-order valence-electron chi connectivity index (χ4n) is 2.60. The number of benzene rings is 1. The van der Waals surface area contributed by atoms with Gasteiger partial charge in [-0.25, -0.2) is 4.39 Å². The SMILES string of the molecule is CC(=N[S+]([O-])C(C)(C)C)c1cnc2c(Cl)cc(F)cc2c1-c1ccccn1. The van der Waals surface area contributed by atoms with E-state index in [9.17, 15) is 8.94 Å². The van der Waals surface area contributed by atoms with Crippen molar-refractivity contribution in [2.24, 2.45) is 4.40 Å². The quantitative estimate of drug-likeness (QED) is 0.436. The fraction of sp³-hybridized carbons (Fsp3) is 0.250. The summed E-state index contributed by atoms with van der Waals surface area (Å²) in [7, 11) is 0. The third kappa shape index (κ3) is 4.13. The number of hydrogen-bond donors (Lipinski definition) is 0. The number of aromatic nitrogens is 2. The van der Waals surface area contributed by atoms with Crippen LogP contribution in [-0.2, 0) is 11.4 Å². The minimum atomic E-state index is -1.44. The minimum Gasteiger partial charge on any atom is -0.591 e. The molecule has 1 atom stereocenters. The van der Waals surface area contributed by atoms with E-state index >= 15 is 0 Å². The van der Waals surface area contributed by atoms with Gasteiger partial charge in [0.15, 0.2) is 0 Å². The number of fused-ring (bicyclic) bond motifs is 1. The third-order valence-corrected chi connectivity index (χ3v) is 5.72. The maximum Gasteiger partial charge on any atom is 0.144 e. The number of nitrogens with zero attached hydrogens (tertiary/aromatic N) is 3. The van der Waals surface area contributed by atoms with Crippen LogP contribution in [0.1, 0.15) is 33.3 Å². The van der Waals surface area contributed by atoms with Crippen molar-refractivity contribution in [3.8, 4) is 11.3 Å². The highest BCUT2D eigenvalue weighted by Gasteiger charge is 2.27. The molecule has 2 heterocycles. The Labute approximate surface area is 165 Å². The lowest BCUT2D eigenvalue weighted by molar-refractivity contribution is 0.561. The molecule has 0 N–H and O–H groups in total. The van der Waals surface area contributed by atoms with Crippen LogP contribution in [0.2, 0.25) is 5.02 Å². The van der Waals surface area contributed by atoms with Gasteiger partial charge in [0.2, 0.25) is 0 Å². The molecule has 4 nitrogen and oxygen atoms in total. The van der Waals surface area contributed by atoms with Crippen LogP contribution in [0.5, 0.6) is 0 Å². The zero-order chi connectivity index (χ0) is 19.8. The molecule has 0 aliphatic carbocycles. The fourth-order valence-corrected chi connectivity index (χ4v) is 3.47. The molecule has 0 amide bonds. The van der Waals surface area contributed by atoms with Crippen LogP contribution in [-0.4, -0.2) is 25.0 Å². The van der Waals surface area contributed by atoms with Crippen LogP contribution in [0.25, 0.3) is 22.2 Å². The van der Waals surface area contributed by atoms with E-state index in [1.807, 2.05) is 32.9 Å². The lowest BCUT2D eigenvalue weighted by Crippen LogP contribution is -2.26. The van der Waals surface area contributed by atoms with Gasteiger partial charge in [-0.3, -0.25) is 9.97 Å². The summed E-state index contributed by atoms with van der Waals surface area (Å²) in [5, 5.41) is 0.758. The molecule has 0 fully saturated rings. The van der Waals surface area contributed by atoms with E-state index in [1.54, 1.807) is 25.4 Å². The number of halogens is 2. The van der Waals surface area contributed by atoms with E-state index in [-0.39, 0.29) is 5.02 Å². The van der Waals surface area contributed by atoms with E-state index < -0.39 is 21.9 Å². The van der Waals surface area contributed by atoms with Gasteiger partial charge < -0.3 is 4.55 Å². The summed E-state index contributed by atoms with van der Waals surface area (Å²) in [6, 6.07) is 8.09. The Balaban J connectivity index is 2.32. The smallest absolute Gasteiger partial charge is 0.144 e. The Kier molecular flexibility index (Phi) is 5.51. The topological polar surface area (TPSA) is 61.2 Å². The Bertz CT molecular complexity index is 1020. The minimum absolute atomic E-state index is 0.224. The first-order valence-electron chi connectivity index (χ1n) is 8.35. The standard InChI is InChI=1S/C20H19ClFN3OS/c1-12(25-27(26)20(2,3)4)15-11-24-19-14(9-13(22)10-16(19)21)18(15)17-7-5-6-8-23-17/h5-11H,1-4H3. The monoisotopic (exact) mass is 403 g/mol. The predicted molar refractivity (Wildman–Crippen MR) is 110 cm³/mol. The van der Waals surface area contributed by atoms with E-state index in [2.05, 4.69) is 14.4 Å². The molecule has 0 aliphatic heterocycles. The Morgan fingerprint density at radius 1 is 1.22 bits per heavy atom. The molecule has 0 spiro atoms. The second-order valence-corrected chi connectivity index (χ2v) is 9.40. The van der Waals surface area contributed by atoms with Gasteiger partial charge in [0.25, 0.3) is 0 Å². The van der Waals surface area contributed by atoms with Crippen LogP contribution < -0.4 is 0 Å². The van der Waals surface area contributed by atoms with Gasteiger partial charge in [-0.15, -0.1) is 0 Å². The second-order valence-electron chi connectivity index (χ2n) is 7.08. The lowest BCUT2D eigenvalue weighted by atomic mass is 9.97. The van der Waals surface area contributed by atoms with Crippen molar-refractivity contribution in [3.05, 3.63) is 59.1 Å². The molecule has 0 aliphatic rings. The normalized spacial score (nSPS) is 13.8. The van der Waals surface area contributed by atoms with E-state index in [0.29, 0.717) is 33.4 Å². The molecular formula is C20H19ClFN3OS. The molecule has 7 heteroatoms. The summed E-state index contributed by atoms with van der Waals surface area (Å²) in [6.45, 7) is 7.33. The average Bonchev–Trinajstić information content (AvgIpc) is 2.60. The van der Waals surface area contributed by atoms with Crippen LogP contribution in [0.15, 0.2) is 47.1 Å². The van der Waals surface area contributed by atoms with Gasteiger partial charge in [-0.05, 0) is 52.0 Å². The first kappa shape index (κ1) is 19.7. The summed E-state index contributed by atoms with van der Waals surface area (Å²) in [6.07, 6.45) is 3.28. The number of pyridine rings is 2. The number of rotatable bonds is 3. The van der Waals surface area contributed by atoms with Crippen molar-refractivity contribution in [2.75, 3.05) is 0 Å². The highest BCUT2D eigenvalue weighted by atomic mass is 35.5. The highest BCUT2D eigenvalue weighted by molar-refractivity contribution is 7.91. The van der Waals surface area contributed by atoms with Gasteiger partial charge in [0, 0.05) is 28.9 Å². The molecule has 0 radical (unpaired) electrons. The van der Waals surface area contributed by atoms with Gasteiger partial charge in [0.1, 0.15) is 21.9 Å². The Morgan fingerprint density at radius 2 is 1.96 bits per heavy atom. The first-order valence-corrected chi connectivity index (χ1v) is 9.84. The summed E-state index contributed by atoms with van der Waals surface area (Å²) < 4.78 is 30.4. The Hall–Kier alpha value is -2.02. The Morgan fingerprint density at radius 3 is 2.59 bits per heavy atom. The van der Waals surface area contributed by atoms with Crippen molar-refractivity contribution < 1.29 is 8.94 Å². The molecule has 1 unspecified atom stereocenters. The van der Waals surface area contributed by atoms with Crippen LogP contribution in [0, 0.1) is 5.82 Å². The molecule has 0 bridgehead atoms. The van der Waals surface area contributed by atoms with Crippen molar-refractivity contribution in [1.82, 2.24) is 9.97 Å². The predicted octanol–water partition coefficient (Wildman–Crippen LogP) is 5.36. The summed E-state index contributed by atoms with van der Waals surface area (Å²) in [5.41, 5.74) is 2.96. The van der Waals surface area contributed by atoms with E-state index in [1.165, 1.54) is 12.1 Å². The molecule has 27 heavy (non-hydrogen) atoms. The first-order chi connectivity index (χ1) is 12.7. The van der Waals surface area contributed by atoms with E-state index in [4.69, 9.17) is 11.6 Å². The zero-order valence-electron chi connectivity index (χ0n) is 15.5. The summed E-state index contributed by atoms with van der Waals surface area (Å²) >= 11 is 4.76. The van der Waals surface area contributed by atoms with Crippen LogP contribution >= 0.6 is 11.6 Å². The van der Waals surface area contributed by atoms with Crippen LogP contribution in [0.4, 0.5) is 4.39 Å². The second kappa shape index (κ2) is 7.54. The summed E-state index contributed by atoms with van der Waals surface area (Å²) in [4.78, 5) is 8.80. The molecule has 140 valence electrons. The maximum atomic E-state index is 14.1. The molecular weight excluding hydrogens is 385 g/mol. The van der Waals surface area contributed by atoms with Crippen molar-refractivity contribution >= 4 is 39.6 Å². The van der Waals surface area contributed by atoms with Crippen molar-refractivity contribution in [1.29, 1.82) is 0 Å². The van der Waals surface area contributed by atoms with Crippen molar-refractivity contribution in [2.45, 2.75) is 32.4 Å². The third-order valence-electron chi connectivity index (χ3n) is 3.94. The van der Waals surface area contributed by atoms with E-state index in [0.717, 1.165) is 0 Å². The van der Waals surface area contributed by atoms with Gasteiger partial charge in [-0.1, -0.05) is 22.1 Å². The largest absolute Gasteiger partial charge is 0.591 e. The zero-order valence-corrected chi connectivity index (χ0v) is 17.0. The van der Waals surface area contributed by atoms with Crippen LogP contribution in [0.3, 0.4) is 0 Å². The average molecular weight is 404 g/mol. The lowest BCUT2D eigenvalue weighted by Gasteiger charge is -2.19. The molecule has 0 saturated heterocycles. The van der Waals surface area contributed by atoms with Gasteiger partial charge in [0.05, 0.1) is 21.9 Å². The highest BCUT2D eigenvalue weighted by Crippen LogP contribution is 2.34. The van der Waals surface area contributed by atoms with Crippen molar-refractivity contribution in [3.63, 3.8) is 0 Å². The molecule has 2 aromatic heterocycles.